The first-order chi connectivity index (χ1) is 4.70. The number of carbonyl (C=O) groups excluding carboxylic acids is 1. The van der Waals surface area contributed by atoms with Crippen LogP contribution >= 0.6 is 15.9 Å². The van der Waals surface area contributed by atoms with Crippen LogP contribution in [0.3, 0.4) is 0 Å². The SMILES string of the molecule is CN1CCCC(=O)C(Br)C1. The molecule has 0 aromatic carbocycles. The van der Waals surface area contributed by atoms with E-state index in [4.69, 9.17) is 0 Å². The van der Waals surface area contributed by atoms with Crippen molar-refractivity contribution in [1.29, 1.82) is 0 Å². The Kier molecular flexibility index (Phi) is 2.86. The molecular weight excluding hydrogens is 194 g/mol. The fourth-order valence-electron chi connectivity index (χ4n) is 1.15. The van der Waals surface area contributed by atoms with Crippen molar-refractivity contribution in [1.82, 2.24) is 4.90 Å². The van der Waals surface area contributed by atoms with Crippen LogP contribution in [0.1, 0.15) is 12.8 Å². The van der Waals surface area contributed by atoms with Crippen LogP contribution in [0.5, 0.6) is 0 Å². The first-order valence-electron chi connectivity index (χ1n) is 3.55. The molecule has 1 aliphatic heterocycles. The molecule has 58 valence electrons. The van der Waals surface area contributed by atoms with Gasteiger partial charge in [-0.1, -0.05) is 15.9 Å². The molecule has 1 fully saturated rings. The number of likely N-dealkylation sites (tertiary alicyclic amines) is 1. The van der Waals surface area contributed by atoms with Crippen LogP contribution in [-0.4, -0.2) is 35.6 Å². The van der Waals surface area contributed by atoms with Gasteiger partial charge < -0.3 is 4.90 Å². The largest absolute Gasteiger partial charge is 0.305 e. The number of Topliss-reactive ketones (excluding diaryl/α,β-unsaturated/α-hetero) is 1. The number of rotatable bonds is 0. The van der Waals surface area contributed by atoms with Crippen LogP contribution < -0.4 is 0 Å². The molecule has 1 heterocycles. The van der Waals surface area contributed by atoms with Crippen LogP contribution in [0.15, 0.2) is 0 Å². The smallest absolute Gasteiger partial charge is 0.147 e. The van der Waals surface area contributed by atoms with Gasteiger partial charge in [0.25, 0.3) is 0 Å². The molecule has 10 heavy (non-hydrogen) atoms. The standard InChI is InChI=1S/C7H12BrNO/c1-9-4-2-3-7(10)6(8)5-9/h6H,2-5H2,1H3. The molecule has 0 spiro atoms. The number of hydrogen-bond donors (Lipinski definition) is 0. The predicted octanol–water partition coefficient (Wildman–Crippen LogP) is 1.04. The molecule has 1 aliphatic rings. The summed E-state index contributed by atoms with van der Waals surface area (Å²) in [5, 5.41) is 0. The summed E-state index contributed by atoms with van der Waals surface area (Å²) in [6, 6.07) is 0. The van der Waals surface area contributed by atoms with Crippen molar-refractivity contribution in [3.63, 3.8) is 0 Å². The van der Waals surface area contributed by atoms with Crippen molar-refractivity contribution in [2.24, 2.45) is 0 Å². The molecule has 1 saturated heterocycles. The fourth-order valence-corrected chi connectivity index (χ4v) is 1.87. The summed E-state index contributed by atoms with van der Waals surface area (Å²) in [5.74, 6) is 0.351. The Labute approximate surface area is 69.7 Å². The van der Waals surface area contributed by atoms with E-state index < -0.39 is 0 Å². The van der Waals surface area contributed by atoms with Crippen molar-refractivity contribution in [2.45, 2.75) is 17.7 Å². The molecule has 0 radical (unpaired) electrons. The topological polar surface area (TPSA) is 20.3 Å². The molecule has 1 rings (SSSR count). The van der Waals surface area contributed by atoms with E-state index in [0.29, 0.717) is 5.78 Å². The molecule has 1 atom stereocenters. The van der Waals surface area contributed by atoms with Gasteiger partial charge in [-0.15, -0.1) is 0 Å². The van der Waals surface area contributed by atoms with E-state index >= 15 is 0 Å². The highest BCUT2D eigenvalue weighted by Crippen LogP contribution is 2.11. The second kappa shape index (κ2) is 3.49. The summed E-state index contributed by atoms with van der Waals surface area (Å²) >= 11 is 3.35. The first kappa shape index (κ1) is 8.21. The van der Waals surface area contributed by atoms with Crippen LogP contribution in [0.4, 0.5) is 0 Å². The normalized spacial score (nSPS) is 30.2. The van der Waals surface area contributed by atoms with Crippen LogP contribution in [0.2, 0.25) is 0 Å². The van der Waals surface area contributed by atoms with Crippen LogP contribution in [0.25, 0.3) is 0 Å². The van der Waals surface area contributed by atoms with Crippen molar-refractivity contribution < 1.29 is 4.79 Å². The summed E-state index contributed by atoms with van der Waals surface area (Å²) in [6.45, 7) is 1.91. The molecule has 0 aromatic heterocycles. The second-order valence-corrected chi connectivity index (χ2v) is 3.90. The fraction of sp³-hybridized carbons (Fsp3) is 0.857. The predicted molar refractivity (Wildman–Crippen MR) is 44.5 cm³/mol. The molecule has 1 unspecified atom stereocenters. The number of carbonyl (C=O) groups is 1. The molecular formula is C7H12BrNO. The van der Waals surface area contributed by atoms with Crippen molar-refractivity contribution in [2.75, 3.05) is 20.1 Å². The van der Waals surface area contributed by atoms with E-state index in [1.54, 1.807) is 0 Å². The lowest BCUT2D eigenvalue weighted by Gasteiger charge is -2.13. The highest BCUT2D eigenvalue weighted by Gasteiger charge is 2.19. The van der Waals surface area contributed by atoms with E-state index in [1.807, 2.05) is 7.05 Å². The van der Waals surface area contributed by atoms with Crippen molar-refractivity contribution in [3.8, 4) is 0 Å². The third-order valence-corrected chi connectivity index (χ3v) is 2.58. The maximum Gasteiger partial charge on any atom is 0.147 e. The molecule has 0 amide bonds. The minimum Gasteiger partial charge on any atom is -0.305 e. The zero-order valence-corrected chi connectivity index (χ0v) is 7.73. The molecule has 0 N–H and O–H groups in total. The number of halogens is 1. The first-order valence-corrected chi connectivity index (χ1v) is 4.47. The van der Waals surface area contributed by atoms with Gasteiger partial charge in [0, 0.05) is 13.0 Å². The van der Waals surface area contributed by atoms with Gasteiger partial charge in [0.2, 0.25) is 0 Å². The Hall–Kier alpha value is 0.110. The Morgan fingerprint density at radius 1 is 1.70 bits per heavy atom. The Bertz CT molecular complexity index is 138. The van der Waals surface area contributed by atoms with Crippen LogP contribution in [-0.2, 0) is 4.79 Å². The highest BCUT2D eigenvalue weighted by molar-refractivity contribution is 9.10. The lowest BCUT2D eigenvalue weighted by atomic mass is 10.2. The molecule has 3 heteroatoms. The second-order valence-electron chi connectivity index (χ2n) is 2.80. The summed E-state index contributed by atoms with van der Waals surface area (Å²) in [6.07, 6.45) is 1.75. The van der Waals surface area contributed by atoms with Gasteiger partial charge in [0.1, 0.15) is 5.78 Å². The third-order valence-electron chi connectivity index (χ3n) is 1.78. The number of hydrogen-bond acceptors (Lipinski definition) is 2. The van der Waals surface area contributed by atoms with Crippen molar-refractivity contribution in [3.05, 3.63) is 0 Å². The average molecular weight is 206 g/mol. The third kappa shape index (κ3) is 2.06. The van der Waals surface area contributed by atoms with E-state index in [2.05, 4.69) is 20.8 Å². The van der Waals surface area contributed by atoms with Crippen molar-refractivity contribution >= 4 is 21.7 Å². The maximum atomic E-state index is 11.1. The Balaban J connectivity index is 2.49. The molecule has 0 saturated carbocycles. The molecule has 0 aliphatic carbocycles. The Morgan fingerprint density at radius 2 is 2.40 bits per heavy atom. The minimum absolute atomic E-state index is 0.0694. The lowest BCUT2D eigenvalue weighted by molar-refractivity contribution is -0.118. The van der Waals surface area contributed by atoms with E-state index in [1.165, 1.54) is 0 Å². The van der Waals surface area contributed by atoms with Crippen LogP contribution in [0, 0.1) is 0 Å². The molecule has 0 bridgehead atoms. The number of alkyl halides is 1. The van der Waals surface area contributed by atoms with Gasteiger partial charge in [-0.2, -0.15) is 0 Å². The molecule has 2 nitrogen and oxygen atoms in total. The number of nitrogens with zero attached hydrogens (tertiary/aromatic N) is 1. The van der Waals surface area contributed by atoms with E-state index in [-0.39, 0.29) is 4.83 Å². The lowest BCUT2D eigenvalue weighted by Crippen LogP contribution is -2.27. The molecule has 0 aromatic rings. The average Bonchev–Trinajstić information content (AvgIpc) is 1.96. The van der Waals surface area contributed by atoms with Gasteiger partial charge in [-0.3, -0.25) is 4.79 Å². The zero-order valence-electron chi connectivity index (χ0n) is 6.14. The van der Waals surface area contributed by atoms with Gasteiger partial charge >= 0.3 is 0 Å². The maximum absolute atomic E-state index is 11.1. The minimum atomic E-state index is 0.0694. The van der Waals surface area contributed by atoms with E-state index in [9.17, 15) is 4.79 Å². The van der Waals surface area contributed by atoms with Gasteiger partial charge in [-0.05, 0) is 20.0 Å². The van der Waals surface area contributed by atoms with Gasteiger partial charge in [0.15, 0.2) is 0 Å². The highest BCUT2D eigenvalue weighted by atomic mass is 79.9. The quantitative estimate of drug-likeness (QED) is 0.552. The summed E-state index contributed by atoms with van der Waals surface area (Å²) in [5.41, 5.74) is 0. The summed E-state index contributed by atoms with van der Waals surface area (Å²) < 4.78 is 0. The van der Waals surface area contributed by atoms with Gasteiger partial charge in [0.05, 0.1) is 4.83 Å². The summed E-state index contributed by atoms with van der Waals surface area (Å²) in [7, 11) is 2.05. The summed E-state index contributed by atoms with van der Waals surface area (Å²) in [4.78, 5) is 13.3. The zero-order chi connectivity index (χ0) is 7.56. The van der Waals surface area contributed by atoms with Gasteiger partial charge in [-0.25, -0.2) is 0 Å². The Morgan fingerprint density at radius 3 is 3.10 bits per heavy atom. The van der Waals surface area contributed by atoms with E-state index in [0.717, 1.165) is 25.9 Å². The number of ketones is 1. The monoisotopic (exact) mass is 205 g/mol.